The van der Waals surface area contributed by atoms with Crippen LogP contribution in [0.5, 0.6) is 0 Å². The van der Waals surface area contributed by atoms with E-state index in [0.29, 0.717) is 28.2 Å². The highest BCUT2D eigenvalue weighted by atomic mass is 32.2. The number of thioether (sulfide) groups is 1. The Morgan fingerprint density at radius 1 is 1.03 bits per heavy atom. The summed E-state index contributed by atoms with van der Waals surface area (Å²) in [5.74, 6) is 1.50. The molecule has 0 saturated heterocycles. The van der Waals surface area contributed by atoms with Crippen LogP contribution >= 0.6 is 11.8 Å². The summed E-state index contributed by atoms with van der Waals surface area (Å²) in [4.78, 5) is 24.4. The zero-order valence-corrected chi connectivity index (χ0v) is 19.9. The lowest BCUT2D eigenvalue weighted by molar-refractivity contribution is -0.140. The molecule has 0 amide bonds. The number of carbonyl (C=O) groups excluding carboxylic acids is 1. The summed E-state index contributed by atoms with van der Waals surface area (Å²) in [6.45, 7) is 1.64. The largest absolute Gasteiger partial charge is 0.481 e. The maximum absolute atomic E-state index is 14.4. The van der Waals surface area contributed by atoms with Gasteiger partial charge in [-0.3, -0.25) is 9.59 Å². The molecule has 4 saturated carbocycles. The molecule has 33 heavy (non-hydrogen) atoms. The van der Waals surface area contributed by atoms with Gasteiger partial charge in [-0.2, -0.15) is 11.8 Å². The molecule has 4 aliphatic rings. The highest BCUT2D eigenvalue weighted by Gasteiger charge is 2.51. The fraction of sp³-hybridized carbons (Fsp3) is 0.500. The summed E-state index contributed by atoms with van der Waals surface area (Å²) in [6, 6.07) is 12.7. The van der Waals surface area contributed by atoms with Crippen molar-refractivity contribution in [3.05, 3.63) is 70.5 Å². The molecule has 1 N–H and O–H groups in total. The molecule has 6 rings (SSSR count). The van der Waals surface area contributed by atoms with E-state index >= 15 is 0 Å². The molecule has 0 aromatic heterocycles. The summed E-state index contributed by atoms with van der Waals surface area (Å²) < 4.78 is 14.4. The van der Waals surface area contributed by atoms with Crippen molar-refractivity contribution in [2.45, 2.75) is 56.6 Å². The van der Waals surface area contributed by atoms with Crippen molar-refractivity contribution in [1.29, 1.82) is 0 Å². The Balaban J connectivity index is 1.35. The van der Waals surface area contributed by atoms with Crippen molar-refractivity contribution in [3.8, 4) is 0 Å². The number of ketones is 1. The lowest BCUT2D eigenvalue weighted by Gasteiger charge is -2.57. The fourth-order valence-corrected chi connectivity index (χ4v) is 7.92. The Labute approximate surface area is 199 Å². The van der Waals surface area contributed by atoms with Crippen LogP contribution in [-0.2, 0) is 16.0 Å². The number of halogens is 1. The van der Waals surface area contributed by atoms with Gasteiger partial charge in [0.15, 0.2) is 5.78 Å². The Kier molecular flexibility index (Phi) is 6.11. The van der Waals surface area contributed by atoms with Gasteiger partial charge in [0.1, 0.15) is 5.82 Å². The second-order valence-corrected chi connectivity index (χ2v) is 11.7. The van der Waals surface area contributed by atoms with Gasteiger partial charge in [0, 0.05) is 22.6 Å². The first-order valence-electron chi connectivity index (χ1n) is 12.1. The molecule has 174 valence electrons. The van der Waals surface area contributed by atoms with Crippen LogP contribution in [-0.4, -0.2) is 22.6 Å². The van der Waals surface area contributed by atoms with Gasteiger partial charge in [-0.1, -0.05) is 25.1 Å². The predicted octanol–water partition coefficient (Wildman–Crippen LogP) is 6.48. The van der Waals surface area contributed by atoms with E-state index in [1.165, 1.54) is 61.9 Å². The van der Waals surface area contributed by atoms with E-state index < -0.39 is 11.9 Å². The molecule has 0 radical (unpaired) electrons. The van der Waals surface area contributed by atoms with Gasteiger partial charge >= 0.3 is 5.97 Å². The average Bonchev–Trinajstić information content (AvgIpc) is 2.79. The van der Waals surface area contributed by atoms with Gasteiger partial charge < -0.3 is 5.11 Å². The first kappa shape index (κ1) is 22.6. The van der Waals surface area contributed by atoms with Crippen molar-refractivity contribution in [2.75, 3.05) is 5.75 Å². The van der Waals surface area contributed by atoms with E-state index in [4.69, 9.17) is 5.11 Å². The zero-order valence-electron chi connectivity index (χ0n) is 19.1. The highest BCUT2D eigenvalue weighted by Crippen LogP contribution is 2.60. The van der Waals surface area contributed by atoms with Crippen molar-refractivity contribution in [1.82, 2.24) is 0 Å². The second kappa shape index (κ2) is 8.90. The van der Waals surface area contributed by atoms with Crippen molar-refractivity contribution in [3.63, 3.8) is 0 Å². The minimum atomic E-state index is -0.856. The number of carboxylic acid groups (broad SMARTS) is 1. The molecule has 4 bridgehead atoms. The van der Waals surface area contributed by atoms with Crippen LogP contribution in [0.3, 0.4) is 0 Å². The first-order valence-corrected chi connectivity index (χ1v) is 13.2. The number of aliphatic carboxylic acids is 1. The molecule has 4 aliphatic carbocycles. The van der Waals surface area contributed by atoms with E-state index in [2.05, 4.69) is 12.1 Å². The van der Waals surface area contributed by atoms with Crippen LogP contribution in [0.4, 0.5) is 4.39 Å². The number of carboxylic acids is 1. The monoisotopic (exact) mass is 466 g/mol. The van der Waals surface area contributed by atoms with Gasteiger partial charge in [-0.25, -0.2) is 4.39 Å². The summed E-state index contributed by atoms with van der Waals surface area (Å²) in [7, 11) is 0. The third kappa shape index (κ3) is 4.49. The third-order valence-corrected chi connectivity index (χ3v) is 9.38. The highest BCUT2D eigenvalue weighted by molar-refractivity contribution is 7.98. The SMILES string of the molecule is CC(CSCc1cc(C(=O)c2cccc(C34CC5CC(CC(C5)C3)C4)c2)ccc1F)C(=O)O. The summed E-state index contributed by atoms with van der Waals surface area (Å²) in [5, 5.41) is 9.03. The van der Waals surface area contributed by atoms with Gasteiger partial charge in [0.25, 0.3) is 0 Å². The van der Waals surface area contributed by atoms with Crippen molar-refractivity contribution < 1.29 is 19.1 Å². The van der Waals surface area contributed by atoms with Crippen molar-refractivity contribution >= 4 is 23.5 Å². The number of carbonyl (C=O) groups is 2. The molecule has 2 aromatic carbocycles. The van der Waals surface area contributed by atoms with Crippen LogP contribution in [0.2, 0.25) is 0 Å². The third-order valence-electron chi connectivity index (χ3n) is 8.13. The minimum absolute atomic E-state index is 0.0771. The molecule has 1 unspecified atom stereocenters. The molecule has 0 spiro atoms. The number of rotatable bonds is 8. The number of hydrogen-bond acceptors (Lipinski definition) is 3. The van der Waals surface area contributed by atoms with Gasteiger partial charge in [0.2, 0.25) is 0 Å². The molecule has 5 heteroatoms. The topological polar surface area (TPSA) is 54.4 Å². The predicted molar refractivity (Wildman–Crippen MR) is 129 cm³/mol. The summed E-state index contributed by atoms with van der Waals surface area (Å²) >= 11 is 1.38. The van der Waals surface area contributed by atoms with Gasteiger partial charge in [0.05, 0.1) is 5.92 Å². The zero-order chi connectivity index (χ0) is 23.2. The van der Waals surface area contributed by atoms with E-state index in [9.17, 15) is 14.0 Å². The minimum Gasteiger partial charge on any atom is -0.481 e. The molecule has 2 aromatic rings. The van der Waals surface area contributed by atoms with Gasteiger partial charge in [-0.05, 0) is 97.1 Å². The maximum atomic E-state index is 14.4. The second-order valence-electron chi connectivity index (χ2n) is 10.7. The number of benzene rings is 2. The van der Waals surface area contributed by atoms with Crippen molar-refractivity contribution in [2.24, 2.45) is 23.7 Å². The Morgan fingerprint density at radius 3 is 2.30 bits per heavy atom. The van der Waals surface area contributed by atoms with E-state index in [1.807, 2.05) is 12.1 Å². The lowest BCUT2D eigenvalue weighted by atomic mass is 9.48. The summed E-state index contributed by atoms with van der Waals surface area (Å²) in [6.07, 6.45) is 7.93. The Hall–Kier alpha value is -2.14. The van der Waals surface area contributed by atoms with Crippen LogP contribution < -0.4 is 0 Å². The molecular formula is C28H31FO3S. The van der Waals surface area contributed by atoms with Crippen LogP contribution in [0.15, 0.2) is 42.5 Å². The smallest absolute Gasteiger partial charge is 0.307 e. The Morgan fingerprint density at radius 2 is 1.67 bits per heavy atom. The Bertz CT molecular complexity index is 1040. The molecule has 4 fully saturated rings. The molecular weight excluding hydrogens is 435 g/mol. The summed E-state index contributed by atoms with van der Waals surface area (Å²) in [5.41, 5.74) is 3.15. The standard InChI is InChI=1S/C28H31FO3S/c1-17(27(31)32)15-33-16-23-10-22(5-6-25(23)29)26(30)21-3-2-4-24(11-21)28-12-18-7-19(13-28)9-20(8-18)14-28/h2-6,10-11,17-20H,7-9,12-16H2,1H3,(H,31,32). The van der Waals surface area contributed by atoms with E-state index in [0.717, 1.165) is 17.8 Å². The first-order chi connectivity index (χ1) is 15.8. The fourth-order valence-electron chi connectivity index (χ4n) is 6.86. The number of hydrogen-bond donors (Lipinski definition) is 1. The van der Waals surface area contributed by atoms with Gasteiger partial charge in [-0.15, -0.1) is 0 Å². The maximum Gasteiger partial charge on any atom is 0.307 e. The van der Waals surface area contributed by atoms with E-state index in [1.54, 1.807) is 19.1 Å². The molecule has 0 heterocycles. The average molecular weight is 467 g/mol. The lowest BCUT2D eigenvalue weighted by Crippen LogP contribution is -2.48. The van der Waals surface area contributed by atoms with E-state index in [-0.39, 0.29) is 17.0 Å². The van der Waals surface area contributed by atoms with Crippen LogP contribution in [0.25, 0.3) is 0 Å². The quantitative estimate of drug-likeness (QED) is 0.453. The molecule has 3 nitrogen and oxygen atoms in total. The molecule has 0 aliphatic heterocycles. The van der Waals surface area contributed by atoms with Crippen LogP contribution in [0.1, 0.15) is 72.5 Å². The molecule has 1 atom stereocenters. The normalized spacial score (nSPS) is 28.6. The van der Waals surface area contributed by atoms with Crippen LogP contribution in [0, 0.1) is 29.5 Å².